The summed E-state index contributed by atoms with van der Waals surface area (Å²) in [5.41, 5.74) is -0.504. The zero-order chi connectivity index (χ0) is 15.8. The number of hydrogen-bond acceptors (Lipinski definition) is 5. The van der Waals surface area contributed by atoms with Gasteiger partial charge >= 0.3 is 0 Å². The highest BCUT2D eigenvalue weighted by molar-refractivity contribution is 7.89. The van der Waals surface area contributed by atoms with E-state index in [1.807, 2.05) is 0 Å². The van der Waals surface area contributed by atoms with Crippen molar-refractivity contribution in [2.24, 2.45) is 0 Å². The largest absolute Gasteiger partial charge is 0.472 e. The second-order valence-corrected chi connectivity index (χ2v) is 7.98. The van der Waals surface area contributed by atoms with Gasteiger partial charge in [-0.2, -0.15) is 4.31 Å². The van der Waals surface area contributed by atoms with Gasteiger partial charge in [0.1, 0.15) is 6.10 Å². The van der Waals surface area contributed by atoms with E-state index >= 15 is 0 Å². The van der Waals surface area contributed by atoms with Gasteiger partial charge in [-0.3, -0.25) is 0 Å². The molecule has 0 bridgehead atoms. The van der Waals surface area contributed by atoms with E-state index in [4.69, 9.17) is 9.47 Å². The zero-order valence-electron chi connectivity index (χ0n) is 12.4. The Morgan fingerprint density at radius 3 is 3.00 bits per heavy atom. The summed E-state index contributed by atoms with van der Waals surface area (Å²) >= 11 is 0. The van der Waals surface area contributed by atoms with E-state index in [1.165, 1.54) is 22.6 Å². The predicted molar refractivity (Wildman–Crippen MR) is 77.6 cm³/mol. The molecule has 2 fully saturated rings. The van der Waals surface area contributed by atoms with Crippen molar-refractivity contribution in [3.8, 4) is 5.88 Å². The summed E-state index contributed by atoms with van der Waals surface area (Å²) in [6, 6.07) is 2.81. The minimum Gasteiger partial charge on any atom is -0.472 e. The number of halogens is 1. The molecule has 0 aliphatic carbocycles. The Morgan fingerprint density at radius 1 is 1.55 bits per heavy atom. The van der Waals surface area contributed by atoms with Crippen molar-refractivity contribution >= 4 is 10.0 Å². The zero-order valence-corrected chi connectivity index (χ0v) is 13.2. The van der Waals surface area contributed by atoms with E-state index < -0.39 is 21.4 Å². The number of nitrogens with zero attached hydrogens (tertiary/aromatic N) is 2. The summed E-state index contributed by atoms with van der Waals surface area (Å²) in [7, 11) is -3.18. The molecule has 3 heterocycles. The van der Waals surface area contributed by atoms with Crippen LogP contribution in [0.2, 0.25) is 0 Å². The first-order valence-electron chi connectivity index (χ1n) is 7.33. The predicted octanol–water partition coefficient (Wildman–Crippen LogP) is 1.18. The van der Waals surface area contributed by atoms with Gasteiger partial charge in [0.25, 0.3) is 5.88 Å². The third kappa shape index (κ3) is 2.95. The molecule has 6 nitrogen and oxygen atoms in total. The summed E-state index contributed by atoms with van der Waals surface area (Å²) in [5.74, 6) is -0.420. The van der Waals surface area contributed by atoms with Gasteiger partial charge < -0.3 is 9.47 Å². The van der Waals surface area contributed by atoms with Crippen LogP contribution < -0.4 is 4.74 Å². The Morgan fingerprint density at radius 2 is 2.32 bits per heavy atom. The van der Waals surface area contributed by atoms with E-state index in [2.05, 4.69) is 4.98 Å². The standard InChI is InChI=1S/C14H19FN2O4S/c1-2-22(18,19)17-9-14(10-17)8-11(5-7-20-14)21-13-12(15)4-3-6-16-13/h3-4,6,11H,2,5,7-10H2,1H3. The fourth-order valence-corrected chi connectivity index (χ4v) is 4.12. The van der Waals surface area contributed by atoms with Crippen LogP contribution in [0.1, 0.15) is 19.8 Å². The Labute approximate surface area is 129 Å². The van der Waals surface area contributed by atoms with Crippen LogP contribution in [-0.4, -0.2) is 54.9 Å². The van der Waals surface area contributed by atoms with E-state index in [0.717, 1.165) is 0 Å². The van der Waals surface area contributed by atoms with Crippen molar-refractivity contribution in [3.63, 3.8) is 0 Å². The Hall–Kier alpha value is -1.25. The first kappa shape index (κ1) is 15.6. The fourth-order valence-electron chi connectivity index (χ4n) is 2.90. The normalized spacial score (nSPS) is 24.9. The second kappa shape index (κ2) is 5.75. The molecule has 1 unspecified atom stereocenters. The highest BCUT2D eigenvalue weighted by atomic mass is 32.2. The van der Waals surface area contributed by atoms with Gasteiger partial charge in [-0.05, 0) is 19.1 Å². The fraction of sp³-hybridized carbons (Fsp3) is 0.643. The third-order valence-corrected chi connectivity index (χ3v) is 5.91. The molecular weight excluding hydrogens is 311 g/mol. The van der Waals surface area contributed by atoms with Crippen molar-refractivity contribution in [2.75, 3.05) is 25.4 Å². The summed E-state index contributed by atoms with van der Waals surface area (Å²) in [6.45, 7) is 2.78. The number of aromatic nitrogens is 1. The summed E-state index contributed by atoms with van der Waals surface area (Å²) in [4.78, 5) is 3.89. The van der Waals surface area contributed by atoms with Crippen molar-refractivity contribution in [2.45, 2.75) is 31.5 Å². The van der Waals surface area contributed by atoms with Crippen molar-refractivity contribution in [1.82, 2.24) is 9.29 Å². The SMILES string of the molecule is CCS(=O)(=O)N1CC2(CC(Oc3ncccc3F)CCO2)C1. The van der Waals surface area contributed by atoms with Crippen molar-refractivity contribution < 1.29 is 22.3 Å². The molecule has 0 saturated carbocycles. The Bertz CT molecular complexity index is 646. The van der Waals surface area contributed by atoms with Gasteiger partial charge in [0, 0.05) is 32.1 Å². The Balaban J connectivity index is 1.63. The van der Waals surface area contributed by atoms with Gasteiger partial charge in [0.05, 0.1) is 18.0 Å². The lowest BCUT2D eigenvalue weighted by Crippen LogP contribution is -2.67. The highest BCUT2D eigenvalue weighted by Gasteiger charge is 2.51. The molecule has 0 N–H and O–H groups in total. The summed E-state index contributed by atoms with van der Waals surface area (Å²) in [5, 5.41) is 0. The Kier molecular flexibility index (Phi) is 4.09. The molecule has 3 rings (SSSR count). The molecule has 22 heavy (non-hydrogen) atoms. The molecule has 0 aromatic carbocycles. The summed E-state index contributed by atoms with van der Waals surface area (Å²) < 4.78 is 50.0. The average Bonchev–Trinajstić information content (AvgIpc) is 2.47. The lowest BCUT2D eigenvalue weighted by atomic mass is 9.86. The van der Waals surface area contributed by atoms with E-state index in [0.29, 0.717) is 32.5 Å². The summed E-state index contributed by atoms with van der Waals surface area (Å²) in [6.07, 6.45) is 2.44. The van der Waals surface area contributed by atoms with E-state index in [-0.39, 0.29) is 17.7 Å². The molecule has 0 amide bonds. The molecule has 122 valence electrons. The maximum atomic E-state index is 13.6. The number of ether oxygens (including phenoxy) is 2. The maximum Gasteiger partial charge on any atom is 0.250 e. The second-order valence-electron chi connectivity index (χ2n) is 5.72. The van der Waals surface area contributed by atoms with Gasteiger partial charge in [-0.15, -0.1) is 0 Å². The van der Waals surface area contributed by atoms with Crippen LogP contribution >= 0.6 is 0 Å². The molecule has 1 spiro atoms. The van der Waals surface area contributed by atoms with Crippen LogP contribution in [0.4, 0.5) is 4.39 Å². The van der Waals surface area contributed by atoms with E-state index in [1.54, 1.807) is 6.92 Å². The number of rotatable bonds is 4. The third-order valence-electron chi connectivity index (χ3n) is 4.14. The van der Waals surface area contributed by atoms with Crippen LogP contribution in [0.25, 0.3) is 0 Å². The van der Waals surface area contributed by atoms with E-state index in [9.17, 15) is 12.8 Å². The van der Waals surface area contributed by atoms with Crippen LogP contribution in [0.3, 0.4) is 0 Å². The van der Waals surface area contributed by atoms with Crippen LogP contribution in [0.5, 0.6) is 5.88 Å². The molecule has 1 aromatic heterocycles. The van der Waals surface area contributed by atoms with Gasteiger partial charge in [-0.25, -0.2) is 17.8 Å². The molecule has 1 atom stereocenters. The van der Waals surface area contributed by atoms with Gasteiger partial charge in [0.15, 0.2) is 5.82 Å². The topological polar surface area (TPSA) is 68.7 Å². The maximum absolute atomic E-state index is 13.6. The smallest absolute Gasteiger partial charge is 0.250 e. The molecule has 1 aromatic rings. The first-order chi connectivity index (χ1) is 10.4. The monoisotopic (exact) mass is 330 g/mol. The van der Waals surface area contributed by atoms with Gasteiger partial charge in [0.2, 0.25) is 10.0 Å². The molecular formula is C14H19FN2O4S. The van der Waals surface area contributed by atoms with Gasteiger partial charge in [-0.1, -0.05) is 0 Å². The number of sulfonamides is 1. The highest BCUT2D eigenvalue weighted by Crippen LogP contribution is 2.37. The molecule has 0 radical (unpaired) electrons. The van der Waals surface area contributed by atoms with Crippen molar-refractivity contribution in [3.05, 3.63) is 24.1 Å². The molecule has 2 aliphatic rings. The molecule has 8 heteroatoms. The average molecular weight is 330 g/mol. The van der Waals surface area contributed by atoms with Crippen LogP contribution in [0, 0.1) is 5.82 Å². The van der Waals surface area contributed by atoms with Crippen molar-refractivity contribution in [1.29, 1.82) is 0 Å². The van der Waals surface area contributed by atoms with Crippen LogP contribution in [-0.2, 0) is 14.8 Å². The minimum atomic E-state index is -3.18. The lowest BCUT2D eigenvalue weighted by Gasteiger charge is -2.51. The number of pyridine rings is 1. The van der Waals surface area contributed by atoms with Crippen LogP contribution in [0.15, 0.2) is 18.3 Å². The molecule has 2 saturated heterocycles. The number of hydrogen-bond donors (Lipinski definition) is 0. The molecule has 2 aliphatic heterocycles. The lowest BCUT2D eigenvalue weighted by molar-refractivity contribution is -0.165. The first-order valence-corrected chi connectivity index (χ1v) is 8.94. The minimum absolute atomic E-state index is 0.0121. The quantitative estimate of drug-likeness (QED) is 0.829.